The van der Waals surface area contributed by atoms with Crippen molar-refractivity contribution in [2.45, 2.75) is 59.8 Å². The molecule has 1 saturated carbocycles. The average Bonchev–Trinajstić information content (AvgIpc) is 3.18. The summed E-state index contributed by atoms with van der Waals surface area (Å²) in [6.45, 7) is 12.2. The van der Waals surface area contributed by atoms with Gasteiger partial charge in [0, 0.05) is 12.2 Å². The van der Waals surface area contributed by atoms with Crippen LogP contribution in [0.2, 0.25) is 0 Å². The first-order valence-electron chi connectivity index (χ1n) is 11.4. The van der Waals surface area contributed by atoms with Crippen LogP contribution in [-0.4, -0.2) is 6.54 Å². The molecule has 156 valence electrons. The molecule has 0 bridgehead atoms. The molecule has 1 aliphatic carbocycles. The van der Waals surface area contributed by atoms with Gasteiger partial charge >= 0.3 is 0 Å². The van der Waals surface area contributed by atoms with E-state index in [4.69, 9.17) is 0 Å². The molecule has 0 spiro atoms. The number of aryl methyl sites for hydroxylation is 5. The zero-order valence-electron chi connectivity index (χ0n) is 19.2. The van der Waals surface area contributed by atoms with E-state index in [1.165, 1.54) is 63.9 Å². The minimum atomic E-state index is 0.684. The van der Waals surface area contributed by atoms with E-state index in [0.717, 1.165) is 6.54 Å². The molecular formula is C29H35N. The van der Waals surface area contributed by atoms with E-state index in [9.17, 15) is 0 Å². The van der Waals surface area contributed by atoms with Crippen LogP contribution in [0.4, 0.5) is 5.69 Å². The van der Waals surface area contributed by atoms with Gasteiger partial charge in [0.25, 0.3) is 0 Å². The van der Waals surface area contributed by atoms with Crippen LogP contribution in [0.1, 0.15) is 58.6 Å². The van der Waals surface area contributed by atoms with Crippen molar-refractivity contribution in [2.75, 3.05) is 11.9 Å². The zero-order valence-corrected chi connectivity index (χ0v) is 19.2. The third-order valence-electron chi connectivity index (χ3n) is 7.18. The highest BCUT2D eigenvalue weighted by molar-refractivity contribution is 5.71. The first-order chi connectivity index (χ1) is 14.4. The molecule has 0 heterocycles. The highest BCUT2D eigenvalue weighted by atomic mass is 14.9. The van der Waals surface area contributed by atoms with Crippen LogP contribution in [0.25, 0.3) is 11.1 Å². The van der Waals surface area contributed by atoms with Crippen LogP contribution >= 0.6 is 0 Å². The second kappa shape index (κ2) is 8.68. The van der Waals surface area contributed by atoms with E-state index in [1.807, 2.05) is 0 Å². The lowest BCUT2D eigenvalue weighted by Gasteiger charge is -2.24. The molecule has 0 radical (unpaired) electrons. The largest absolute Gasteiger partial charge is 0.385 e. The molecular weight excluding hydrogens is 362 g/mol. The number of hydrogen-bond acceptors (Lipinski definition) is 1. The van der Waals surface area contributed by atoms with Gasteiger partial charge in [0.2, 0.25) is 0 Å². The fourth-order valence-electron chi connectivity index (χ4n) is 5.24. The normalized spacial score (nSPS) is 18.6. The van der Waals surface area contributed by atoms with Gasteiger partial charge in [-0.3, -0.25) is 0 Å². The Morgan fingerprint density at radius 2 is 1.50 bits per heavy atom. The zero-order chi connectivity index (χ0) is 21.3. The van der Waals surface area contributed by atoms with Gasteiger partial charge in [-0.15, -0.1) is 0 Å². The molecule has 2 atom stereocenters. The van der Waals surface area contributed by atoms with Crippen LogP contribution in [0, 0.1) is 40.5 Å². The Morgan fingerprint density at radius 3 is 2.27 bits per heavy atom. The van der Waals surface area contributed by atoms with Gasteiger partial charge in [-0.25, -0.2) is 0 Å². The van der Waals surface area contributed by atoms with Gasteiger partial charge in [0.05, 0.1) is 0 Å². The summed E-state index contributed by atoms with van der Waals surface area (Å²) >= 11 is 0. The van der Waals surface area contributed by atoms with Gasteiger partial charge < -0.3 is 5.32 Å². The number of nitrogens with one attached hydrogen (secondary N) is 1. The second-order valence-corrected chi connectivity index (χ2v) is 9.32. The van der Waals surface area contributed by atoms with Crippen LogP contribution < -0.4 is 5.32 Å². The Bertz CT molecular complexity index is 1050. The van der Waals surface area contributed by atoms with Gasteiger partial charge in [-0.05, 0) is 116 Å². The van der Waals surface area contributed by atoms with Gasteiger partial charge in [0.15, 0.2) is 0 Å². The third kappa shape index (κ3) is 4.17. The lowest BCUT2D eigenvalue weighted by molar-refractivity contribution is 0.507. The highest BCUT2D eigenvalue weighted by Gasteiger charge is 2.29. The smallest absolute Gasteiger partial charge is 0.0370 e. The second-order valence-electron chi connectivity index (χ2n) is 9.32. The van der Waals surface area contributed by atoms with Crippen molar-refractivity contribution >= 4 is 5.69 Å². The molecule has 1 N–H and O–H groups in total. The van der Waals surface area contributed by atoms with E-state index in [-0.39, 0.29) is 0 Å². The third-order valence-corrected chi connectivity index (χ3v) is 7.18. The summed E-state index contributed by atoms with van der Waals surface area (Å²) in [7, 11) is 0. The average molecular weight is 398 g/mol. The predicted molar refractivity (Wildman–Crippen MR) is 131 cm³/mol. The summed E-state index contributed by atoms with van der Waals surface area (Å²) < 4.78 is 0. The number of anilines is 1. The lowest BCUT2D eigenvalue weighted by Crippen LogP contribution is -2.18. The fourth-order valence-corrected chi connectivity index (χ4v) is 5.24. The van der Waals surface area contributed by atoms with Crippen molar-refractivity contribution in [2.24, 2.45) is 5.92 Å². The molecule has 1 heteroatoms. The van der Waals surface area contributed by atoms with E-state index >= 15 is 0 Å². The minimum Gasteiger partial charge on any atom is -0.385 e. The number of hydrogen-bond donors (Lipinski definition) is 1. The first-order valence-corrected chi connectivity index (χ1v) is 11.4. The Labute approximate surface area is 182 Å². The SMILES string of the molecule is Cc1cc(C)c(C2CCCC2CNc2ccc(-c3ccccc3C)cc2C)cc1C. The molecule has 2 unspecified atom stereocenters. The van der Waals surface area contributed by atoms with Crippen LogP contribution in [0.3, 0.4) is 0 Å². The van der Waals surface area contributed by atoms with Crippen molar-refractivity contribution in [3.8, 4) is 11.1 Å². The minimum absolute atomic E-state index is 0.684. The maximum Gasteiger partial charge on any atom is 0.0370 e. The standard InChI is InChI=1S/C29H35N/c1-19-9-6-7-11-26(19)24-13-14-29(23(5)16-24)30-18-25-10-8-12-27(25)28-17-21(3)20(2)15-22(28)4/h6-7,9,11,13-17,25,27,30H,8,10,12,18H2,1-5H3. The van der Waals surface area contributed by atoms with Gasteiger partial charge in [-0.2, -0.15) is 0 Å². The topological polar surface area (TPSA) is 12.0 Å². The Morgan fingerprint density at radius 1 is 0.733 bits per heavy atom. The summed E-state index contributed by atoms with van der Waals surface area (Å²) in [5.41, 5.74) is 12.4. The molecule has 1 aliphatic rings. The molecule has 4 rings (SSSR count). The number of rotatable bonds is 5. The summed E-state index contributed by atoms with van der Waals surface area (Å²) in [6.07, 6.45) is 3.99. The molecule has 3 aromatic rings. The molecule has 1 fully saturated rings. The summed E-state index contributed by atoms with van der Waals surface area (Å²) in [5, 5.41) is 3.79. The highest BCUT2D eigenvalue weighted by Crippen LogP contribution is 2.41. The fraction of sp³-hybridized carbons (Fsp3) is 0.379. The van der Waals surface area contributed by atoms with Crippen molar-refractivity contribution in [1.82, 2.24) is 0 Å². The van der Waals surface area contributed by atoms with Crippen molar-refractivity contribution in [1.29, 1.82) is 0 Å². The summed E-state index contributed by atoms with van der Waals surface area (Å²) in [5.74, 6) is 1.39. The van der Waals surface area contributed by atoms with E-state index in [2.05, 4.69) is 94.5 Å². The molecule has 1 nitrogen and oxygen atoms in total. The summed E-state index contributed by atoms with van der Waals surface area (Å²) in [6, 6.07) is 20.3. The Balaban J connectivity index is 1.49. The van der Waals surface area contributed by atoms with E-state index in [0.29, 0.717) is 11.8 Å². The predicted octanol–water partition coefficient (Wildman–Crippen LogP) is 7.89. The molecule has 3 aromatic carbocycles. The first kappa shape index (κ1) is 20.7. The molecule has 30 heavy (non-hydrogen) atoms. The number of benzene rings is 3. The van der Waals surface area contributed by atoms with Crippen LogP contribution in [0.15, 0.2) is 54.6 Å². The maximum atomic E-state index is 3.79. The van der Waals surface area contributed by atoms with Crippen LogP contribution in [-0.2, 0) is 0 Å². The van der Waals surface area contributed by atoms with Crippen LogP contribution in [0.5, 0.6) is 0 Å². The Kier molecular flexibility index (Phi) is 5.99. The van der Waals surface area contributed by atoms with Gasteiger partial charge in [0.1, 0.15) is 0 Å². The van der Waals surface area contributed by atoms with E-state index < -0.39 is 0 Å². The summed E-state index contributed by atoms with van der Waals surface area (Å²) in [4.78, 5) is 0. The Hall–Kier alpha value is -2.54. The van der Waals surface area contributed by atoms with Crippen molar-refractivity contribution < 1.29 is 0 Å². The van der Waals surface area contributed by atoms with Crippen molar-refractivity contribution in [3.63, 3.8) is 0 Å². The quantitative estimate of drug-likeness (QED) is 0.461. The van der Waals surface area contributed by atoms with E-state index in [1.54, 1.807) is 5.56 Å². The lowest BCUT2D eigenvalue weighted by atomic mass is 9.84. The molecule has 0 aliphatic heterocycles. The van der Waals surface area contributed by atoms with Crippen molar-refractivity contribution in [3.05, 3.63) is 88.0 Å². The molecule has 0 saturated heterocycles. The maximum absolute atomic E-state index is 3.79. The molecule has 0 amide bonds. The monoisotopic (exact) mass is 397 g/mol. The van der Waals surface area contributed by atoms with Gasteiger partial charge in [-0.1, -0.05) is 48.9 Å². The molecule has 0 aromatic heterocycles.